The molecule has 354 valence electrons. The second-order valence-electron chi connectivity index (χ2n) is 18.9. The molecule has 0 fully saturated rings. The Kier molecular flexibility index (Phi) is 47.8. The van der Waals surface area contributed by atoms with Gasteiger partial charge >= 0.3 is 0 Å². The van der Waals surface area contributed by atoms with Crippen LogP contribution in [0.2, 0.25) is 0 Å². The highest BCUT2D eigenvalue weighted by Gasteiger charge is 2.28. The van der Waals surface area contributed by atoms with Crippen LogP contribution in [0.3, 0.4) is 0 Å². The maximum absolute atomic E-state index is 12.4. The van der Waals surface area contributed by atoms with Gasteiger partial charge in [-0.3, -0.25) is 4.79 Å². The maximum Gasteiger partial charge on any atom is 0.249 e. The molecule has 0 heterocycles. The number of hydrogen-bond donors (Lipinski definition) is 5. The van der Waals surface area contributed by atoms with E-state index >= 15 is 0 Å². The number of hydrogen-bond acceptors (Lipinski definition) is 5. The fraction of sp³-hybridized carbons (Fsp3) is 0.981. The lowest BCUT2D eigenvalue weighted by Crippen LogP contribution is -2.53. The number of aliphatic hydroxyl groups is 4. The van der Waals surface area contributed by atoms with E-state index in [2.05, 4.69) is 19.2 Å². The Morgan fingerprint density at radius 1 is 0.356 bits per heavy atom. The standard InChI is InChI=1S/C53H107NO5/c1-3-5-7-9-10-11-12-13-14-15-16-17-18-19-20-21-22-23-24-25-26-27-28-29-30-31-32-33-34-35-36-37-38-39-40-41-43-45-47-51(57)53(59)54-49(48-55)52(58)50(56)46-44-42-8-6-4-2/h49-52,55-58H,3-48H2,1-2H3,(H,54,59). The van der Waals surface area contributed by atoms with E-state index in [9.17, 15) is 25.2 Å². The maximum atomic E-state index is 12.4. The normalized spacial score (nSPS) is 13.8. The Balaban J connectivity index is 3.35. The van der Waals surface area contributed by atoms with Crippen LogP contribution in [-0.4, -0.2) is 57.3 Å². The van der Waals surface area contributed by atoms with Crippen molar-refractivity contribution < 1.29 is 25.2 Å². The molecule has 0 rings (SSSR count). The predicted molar refractivity (Wildman–Crippen MR) is 256 cm³/mol. The van der Waals surface area contributed by atoms with Crippen LogP contribution in [0, 0.1) is 0 Å². The number of rotatable bonds is 50. The summed E-state index contributed by atoms with van der Waals surface area (Å²) < 4.78 is 0. The lowest BCUT2D eigenvalue weighted by molar-refractivity contribution is -0.132. The van der Waals surface area contributed by atoms with Gasteiger partial charge in [0.15, 0.2) is 0 Å². The highest BCUT2D eigenvalue weighted by Crippen LogP contribution is 2.18. The van der Waals surface area contributed by atoms with Crippen LogP contribution in [0.4, 0.5) is 0 Å². The van der Waals surface area contributed by atoms with Gasteiger partial charge in [-0.1, -0.05) is 290 Å². The topological polar surface area (TPSA) is 110 Å². The third-order valence-electron chi connectivity index (χ3n) is 13.1. The van der Waals surface area contributed by atoms with Gasteiger partial charge in [-0.2, -0.15) is 0 Å². The molecule has 0 saturated carbocycles. The van der Waals surface area contributed by atoms with E-state index in [1.807, 2.05) is 0 Å². The zero-order valence-corrected chi connectivity index (χ0v) is 40.0. The van der Waals surface area contributed by atoms with E-state index in [0.717, 1.165) is 51.4 Å². The lowest BCUT2D eigenvalue weighted by atomic mass is 9.99. The van der Waals surface area contributed by atoms with Crippen molar-refractivity contribution in [2.75, 3.05) is 6.61 Å². The van der Waals surface area contributed by atoms with Crippen molar-refractivity contribution in [2.45, 2.75) is 327 Å². The molecular formula is C53H107NO5. The molecule has 4 atom stereocenters. The van der Waals surface area contributed by atoms with Crippen molar-refractivity contribution in [3.63, 3.8) is 0 Å². The molecule has 4 unspecified atom stereocenters. The third-order valence-corrected chi connectivity index (χ3v) is 13.1. The molecule has 0 spiro atoms. The molecule has 6 heteroatoms. The van der Waals surface area contributed by atoms with Crippen molar-refractivity contribution in [3.05, 3.63) is 0 Å². The van der Waals surface area contributed by atoms with Gasteiger partial charge in [-0.05, 0) is 12.8 Å². The Morgan fingerprint density at radius 2 is 0.576 bits per heavy atom. The average molecular weight is 838 g/mol. The fourth-order valence-corrected chi connectivity index (χ4v) is 8.82. The number of amides is 1. The molecule has 0 aromatic heterocycles. The molecule has 1 amide bonds. The summed E-state index contributed by atoms with van der Waals surface area (Å²) in [7, 11) is 0. The minimum Gasteiger partial charge on any atom is -0.394 e. The van der Waals surface area contributed by atoms with Crippen LogP contribution < -0.4 is 5.32 Å². The van der Waals surface area contributed by atoms with E-state index in [0.29, 0.717) is 12.8 Å². The zero-order chi connectivity index (χ0) is 43.1. The molecule has 0 aromatic rings. The minimum absolute atomic E-state index is 0.375. The van der Waals surface area contributed by atoms with Crippen LogP contribution >= 0.6 is 0 Å². The zero-order valence-electron chi connectivity index (χ0n) is 40.0. The van der Waals surface area contributed by atoms with Gasteiger partial charge < -0.3 is 25.7 Å². The molecular weight excluding hydrogens is 731 g/mol. The first kappa shape index (κ1) is 58.3. The molecule has 0 aromatic carbocycles. The monoisotopic (exact) mass is 838 g/mol. The van der Waals surface area contributed by atoms with Gasteiger partial charge in [-0.25, -0.2) is 0 Å². The van der Waals surface area contributed by atoms with Crippen molar-refractivity contribution in [3.8, 4) is 0 Å². The van der Waals surface area contributed by atoms with Crippen LogP contribution in [0.15, 0.2) is 0 Å². The minimum atomic E-state index is -1.25. The van der Waals surface area contributed by atoms with E-state index in [-0.39, 0.29) is 0 Å². The molecule has 59 heavy (non-hydrogen) atoms. The number of aliphatic hydroxyl groups excluding tert-OH is 4. The first-order chi connectivity index (χ1) is 29.0. The van der Waals surface area contributed by atoms with E-state index in [1.165, 1.54) is 225 Å². The van der Waals surface area contributed by atoms with Crippen molar-refractivity contribution >= 4 is 5.91 Å². The smallest absolute Gasteiger partial charge is 0.249 e. The average Bonchev–Trinajstić information content (AvgIpc) is 3.24. The highest BCUT2D eigenvalue weighted by molar-refractivity contribution is 5.80. The molecule has 0 aliphatic carbocycles. The molecule has 5 N–H and O–H groups in total. The van der Waals surface area contributed by atoms with Crippen molar-refractivity contribution in [1.82, 2.24) is 5.32 Å². The number of carbonyl (C=O) groups is 1. The van der Waals surface area contributed by atoms with E-state index in [1.54, 1.807) is 0 Å². The Labute approximate surface area is 369 Å². The van der Waals surface area contributed by atoms with Gasteiger partial charge in [0.1, 0.15) is 12.2 Å². The predicted octanol–water partition coefficient (Wildman–Crippen LogP) is 15.1. The summed E-state index contributed by atoms with van der Waals surface area (Å²) in [5.41, 5.74) is 0. The van der Waals surface area contributed by atoms with Crippen molar-refractivity contribution in [1.29, 1.82) is 0 Å². The molecule has 0 aliphatic heterocycles. The second kappa shape index (κ2) is 48.3. The summed E-state index contributed by atoms with van der Waals surface area (Å²) in [4.78, 5) is 12.4. The largest absolute Gasteiger partial charge is 0.394 e. The summed E-state index contributed by atoms with van der Waals surface area (Å²) in [5, 5.41) is 43.2. The first-order valence-electron chi connectivity index (χ1n) is 26.9. The molecule has 0 radical (unpaired) electrons. The number of nitrogens with one attached hydrogen (secondary N) is 1. The number of carbonyl (C=O) groups excluding carboxylic acids is 1. The summed E-state index contributed by atoms with van der Waals surface area (Å²) in [6.45, 7) is 3.97. The SMILES string of the molecule is CCCCCCCCCCCCCCCCCCCCCCCCCCCCCCCCCCCCCCCCC(O)C(=O)NC(CO)C(O)C(O)CCCCCCC. The van der Waals surface area contributed by atoms with Crippen molar-refractivity contribution in [2.24, 2.45) is 0 Å². The van der Waals surface area contributed by atoms with E-state index < -0.39 is 36.9 Å². The number of unbranched alkanes of at least 4 members (excludes halogenated alkanes) is 41. The van der Waals surface area contributed by atoms with Gasteiger partial charge in [-0.15, -0.1) is 0 Å². The summed E-state index contributed by atoms with van der Waals surface area (Å²) in [5.74, 6) is -0.584. The van der Waals surface area contributed by atoms with Gasteiger partial charge in [0.25, 0.3) is 0 Å². The summed E-state index contributed by atoms with van der Waals surface area (Å²) in [6, 6.07) is -0.976. The van der Waals surface area contributed by atoms with Crippen LogP contribution in [0.1, 0.15) is 303 Å². The van der Waals surface area contributed by atoms with Gasteiger partial charge in [0.05, 0.1) is 18.8 Å². The van der Waals surface area contributed by atoms with Crippen LogP contribution in [0.5, 0.6) is 0 Å². The Morgan fingerprint density at radius 3 is 0.814 bits per heavy atom. The lowest BCUT2D eigenvalue weighted by Gasteiger charge is -2.27. The molecule has 0 bridgehead atoms. The van der Waals surface area contributed by atoms with Gasteiger partial charge in [0, 0.05) is 0 Å². The van der Waals surface area contributed by atoms with Gasteiger partial charge in [0.2, 0.25) is 5.91 Å². The molecule has 6 nitrogen and oxygen atoms in total. The molecule has 0 aliphatic rings. The first-order valence-corrected chi connectivity index (χ1v) is 26.9. The third kappa shape index (κ3) is 42.4. The fourth-order valence-electron chi connectivity index (χ4n) is 8.82. The quantitative estimate of drug-likeness (QED) is 0.0392. The van der Waals surface area contributed by atoms with Crippen LogP contribution in [-0.2, 0) is 4.79 Å². The Hall–Kier alpha value is -0.690. The summed E-state index contributed by atoms with van der Waals surface area (Å²) in [6.07, 6.45) is 55.5. The summed E-state index contributed by atoms with van der Waals surface area (Å²) >= 11 is 0. The highest BCUT2D eigenvalue weighted by atomic mass is 16.3. The van der Waals surface area contributed by atoms with E-state index in [4.69, 9.17) is 0 Å². The second-order valence-corrected chi connectivity index (χ2v) is 18.9. The molecule has 0 saturated heterocycles. The Bertz CT molecular complexity index is 811. The van der Waals surface area contributed by atoms with Crippen LogP contribution in [0.25, 0.3) is 0 Å².